The highest BCUT2D eigenvalue weighted by Crippen LogP contribution is 2.16. The lowest BCUT2D eigenvalue weighted by Crippen LogP contribution is -2.17. The van der Waals surface area contributed by atoms with Gasteiger partial charge in [-0.15, -0.1) is 0 Å². The fourth-order valence-corrected chi connectivity index (χ4v) is 2.08. The molecule has 0 atom stereocenters. The van der Waals surface area contributed by atoms with E-state index in [1.165, 1.54) is 12.1 Å². The van der Waals surface area contributed by atoms with Crippen molar-refractivity contribution in [2.75, 3.05) is 5.32 Å². The molecule has 0 saturated carbocycles. The van der Waals surface area contributed by atoms with Gasteiger partial charge in [-0.3, -0.25) is 4.79 Å². The Morgan fingerprint density at radius 2 is 2.11 bits per heavy atom. The van der Waals surface area contributed by atoms with Gasteiger partial charge in [0.25, 0.3) is 5.56 Å². The molecule has 5 heteroatoms. The molecule has 0 aliphatic heterocycles. The molecule has 0 aliphatic carbocycles. The summed E-state index contributed by atoms with van der Waals surface area (Å²) in [7, 11) is 0. The van der Waals surface area contributed by atoms with Crippen molar-refractivity contribution in [1.29, 1.82) is 0 Å². The van der Waals surface area contributed by atoms with Crippen LogP contribution >= 0.6 is 15.9 Å². The normalized spacial score (nSPS) is 10.5. The highest BCUT2D eigenvalue weighted by molar-refractivity contribution is 9.10. The predicted octanol–water partition coefficient (Wildman–Crippen LogP) is 3.38. The van der Waals surface area contributed by atoms with E-state index >= 15 is 0 Å². The fourth-order valence-electron chi connectivity index (χ4n) is 1.75. The zero-order valence-electron chi connectivity index (χ0n) is 10.5. The second kappa shape index (κ2) is 6.02. The van der Waals surface area contributed by atoms with Crippen molar-refractivity contribution in [3.63, 3.8) is 0 Å². The Bertz CT molecular complexity index is 640. The molecule has 2 aromatic rings. The van der Waals surface area contributed by atoms with Crippen LogP contribution in [0.4, 0.5) is 10.1 Å². The molecule has 3 nitrogen and oxygen atoms in total. The van der Waals surface area contributed by atoms with Gasteiger partial charge in [-0.2, -0.15) is 0 Å². The number of anilines is 1. The van der Waals surface area contributed by atoms with Gasteiger partial charge in [-0.1, -0.05) is 22.0 Å². The number of aryl methyl sites for hydroxylation is 1. The topological polar surface area (TPSA) is 34.0 Å². The average Bonchev–Trinajstić information content (AvgIpc) is 2.39. The zero-order valence-corrected chi connectivity index (χ0v) is 12.1. The Morgan fingerprint density at radius 3 is 2.79 bits per heavy atom. The summed E-state index contributed by atoms with van der Waals surface area (Å²) < 4.78 is 16.0. The number of pyridine rings is 1. The maximum Gasteiger partial charge on any atom is 0.250 e. The third kappa shape index (κ3) is 3.44. The summed E-state index contributed by atoms with van der Waals surface area (Å²) >= 11 is 3.22. The molecule has 0 amide bonds. The van der Waals surface area contributed by atoms with Crippen LogP contribution < -0.4 is 10.9 Å². The lowest BCUT2D eigenvalue weighted by Gasteiger charge is -2.09. The van der Waals surface area contributed by atoms with Crippen LogP contribution in [-0.2, 0) is 13.1 Å². The minimum absolute atomic E-state index is 0.0390. The van der Waals surface area contributed by atoms with Gasteiger partial charge in [0.2, 0.25) is 0 Å². The van der Waals surface area contributed by atoms with E-state index in [-0.39, 0.29) is 11.4 Å². The lowest BCUT2D eigenvalue weighted by molar-refractivity contribution is 0.612. The molecule has 2 rings (SSSR count). The predicted molar refractivity (Wildman–Crippen MR) is 77.8 cm³/mol. The van der Waals surface area contributed by atoms with E-state index in [2.05, 4.69) is 21.2 Å². The summed E-state index contributed by atoms with van der Waals surface area (Å²) in [6.07, 6.45) is 1.74. The highest BCUT2D eigenvalue weighted by Gasteiger charge is 2.03. The molecule has 0 fully saturated rings. The van der Waals surface area contributed by atoms with E-state index in [9.17, 15) is 9.18 Å². The molecule has 0 spiro atoms. The Labute approximate surface area is 119 Å². The molecular formula is C14H14BrFN2O. The summed E-state index contributed by atoms with van der Waals surface area (Å²) in [6.45, 7) is 2.89. The van der Waals surface area contributed by atoms with E-state index in [0.717, 1.165) is 5.69 Å². The first-order valence-electron chi connectivity index (χ1n) is 5.98. The summed E-state index contributed by atoms with van der Waals surface area (Å²) in [5.41, 5.74) is 1.34. The molecule has 0 radical (unpaired) electrons. The van der Waals surface area contributed by atoms with E-state index < -0.39 is 0 Å². The largest absolute Gasteiger partial charge is 0.380 e. The minimum atomic E-state index is -0.259. The number of hydrogen-bond donors (Lipinski definition) is 1. The van der Waals surface area contributed by atoms with Crippen LogP contribution in [0.15, 0.2) is 45.8 Å². The second-order valence-electron chi connectivity index (χ2n) is 4.13. The van der Waals surface area contributed by atoms with Crippen molar-refractivity contribution in [3.05, 3.63) is 62.7 Å². The quantitative estimate of drug-likeness (QED) is 0.935. The van der Waals surface area contributed by atoms with E-state index in [0.29, 0.717) is 23.1 Å². The van der Waals surface area contributed by atoms with E-state index in [1.807, 2.05) is 6.92 Å². The van der Waals surface area contributed by atoms with Crippen molar-refractivity contribution in [2.24, 2.45) is 0 Å². The first-order valence-corrected chi connectivity index (χ1v) is 6.77. The van der Waals surface area contributed by atoms with Crippen LogP contribution in [-0.4, -0.2) is 4.57 Å². The van der Waals surface area contributed by atoms with Gasteiger partial charge < -0.3 is 9.88 Å². The molecular weight excluding hydrogens is 311 g/mol. The van der Waals surface area contributed by atoms with Crippen molar-refractivity contribution < 1.29 is 4.39 Å². The van der Waals surface area contributed by atoms with Crippen LogP contribution in [0, 0.1) is 5.82 Å². The number of halogens is 2. The SMILES string of the molecule is CCn1cc(NCc2ccc(Br)cc2F)ccc1=O. The van der Waals surface area contributed by atoms with Crippen LogP contribution in [0.5, 0.6) is 0 Å². The molecule has 0 unspecified atom stereocenters. The summed E-state index contributed by atoms with van der Waals surface area (Å²) in [4.78, 5) is 11.4. The Kier molecular flexibility index (Phi) is 4.37. The number of rotatable bonds is 4. The van der Waals surface area contributed by atoms with Gasteiger partial charge in [0, 0.05) is 35.4 Å². The van der Waals surface area contributed by atoms with Crippen LogP contribution in [0.2, 0.25) is 0 Å². The summed E-state index contributed by atoms with van der Waals surface area (Å²) in [6, 6.07) is 8.16. The number of aromatic nitrogens is 1. The Balaban J connectivity index is 2.12. The molecule has 1 aromatic heterocycles. The third-order valence-corrected chi connectivity index (χ3v) is 3.32. The molecule has 0 saturated heterocycles. The van der Waals surface area contributed by atoms with Crippen molar-refractivity contribution >= 4 is 21.6 Å². The Hall–Kier alpha value is -1.62. The maximum absolute atomic E-state index is 13.6. The van der Waals surface area contributed by atoms with Gasteiger partial charge in [-0.05, 0) is 25.1 Å². The molecule has 0 aliphatic rings. The molecule has 1 aromatic carbocycles. The highest BCUT2D eigenvalue weighted by atomic mass is 79.9. The molecule has 100 valence electrons. The lowest BCUT2D eigenvalue weighted by atomic mass is 10.2. The number of nitrogens with one attached hydrogen (secondary N) is 1. The number of benzene rings is 1. The van der Waals surface area contributed by atoms with Gasteiger partial charge in [0.1, 0.15) is 5.82 Å². The first kappa shape index (κ1) is 13.8. The summed E-state index contributed by atoms with van der Waals surface area (Å²) in [5.74, 6) is -0.259. The maximum atomic E-state index is 13.6. The van der Waals surface area contributed by atoms with Crippen LogP contribution in [0.25, 0.3) is 0 Å². The molecule has 1 N–H and O–H groups in total. The molecule has 0 bridgehead atoms. The molecule has 19 heavy (non-hydrogen) atoms. The second-order valence-corrected chi connectivity index (χ2v) is 5.05. The summed E-state index contributed by atoms with van der Waals surface area (Å²) in [5, 5.41) is 3.11. The number of hydrogen-bond acceptors (Lipinski definition) is 2. The van der Waals surface area contributed by atoms with Crippen molar-refractivity contribution in [3.8, 4) is 0 Å². The third-order valence-electron chi connectivity index (χ3n) is 2.82. The van der Waals surface area contributed by atoms with Gasteiger partial charge in [0.15, 0.2) is 0 Å². The van der Waals surface area contributed by atoms with Gasteiger partial charge in [-0.25, -0.2) is 4.39 Å². The average molecular weight is 325 g/mol. The zero-order chi connectivity index (χ0) is 13.8. The smallest absolute Gasteiger partial charge is 0.250 e. The minimum Gasteiger partial charge on any atom is -0.380 e. The van der Waals surface area contributed by atoms with Crippen LogP contribution in [0.1, 0.15) is 12.5 Å². The van der Waals surface area contributed by atoms with Gasteiger partial charge >= 0.3 is 0 Å². The molecule has 1 heterocycles. The van der Waals surface area contributed by atoms with Crippen LogP contribution in [0.3, 0.4) is 0 Å². The fraction of sp³-hybridized carbons (Fsp3) is 0.214. The Morgan fingerprint density at radius 1 is 1.32 bits per heavy atom. The van der Waals surface area contributed by atoms with Crippen molar-refractivity contribution in [1.82, 2.24) is 4.57 Å². The van der Waals surface area contributed by atoms with Crippen molar-refractivity contribution in [2.45, 2.75) is 20.0 Å². The van der Waals surface area contributed by atoms with E-state index in [4.69, 9.17) is 0 Å². The van der Waals surface area contributed by atoms with Gasteiger partial charge in [0.05, 0.1) is 5.69 Å². The first-order chi connectivity index (χ1) is 9.10. The standard InChI is InChI=1S/C14H14BrFN2O/c1-2-18-9-12(5-6-14(18)19)17-8-10-3-4-11(15)7-13(10)16/h3-7,9,17H,2,8H2,1H3. The number of nitrogens with zero attached hydrogens (tertiary/aromatic N) is 1. The monoisotopic (exact) mass is 324 g/mol. The van der Waals surface area contributed by atoms with E-state index in [1.54, 1.807) is 29.0 Å².